The Labute approximate surface area is 274 Å². The molecule has 230 valence electrons. The van der Waals surface area contributed by atoms with Gasteiger partial charge >= 0.3 is 0 Å². The highest BCUT2D eigenvalue weighted by Crippen LogP contribution is 2.36. The van der Waals surface area contributed by atoms with E-state index in [1.807, 2.05) is 93.7 Å². The molecule has 0 fully saturated rings. The zero-order chi connectivity index (χ0) is 31.8. The van der Waals surface area contributed by atoms with Crippen LogP contribution in [0.4, 0.5) is 0 Å². The fourth-order valence-corrected chi connectivity index (χ4v) is 7.46. The Morgan fingerprint density at radius 1 is 1.07 bits per heavy atom. The summed E-state index contributed by atoms with van der Waals surface area (Å²) in [5.41, 5.74) is 4.41. The number of aromatic nitrogens is 2. The number of rotatable bonds is 8. The number of allylic oxidation sites excluding steroid dienone is 1. The van der Waals surface area contributed by atoms with Gasteiger partial charge in [-0.1, -0.05) is 77.0 Å². The number of nitrogens with zero attached hydrogens (tertiary/aromatic N) is 4. The second-order valence-corrected chi connectivity index (χ2v) is 12.6. The van der Waals surface area contributed by atoms with Crippen molar-refractivity contribution in [3.05, 3.63) is 131 Å². The zero-order valence-corrected chi connectivity index (χ0v) is 27.7. The van der Waals surface area contributed by atoms with E-state index in [9.17, 15) is 9.59 Å². The average molecular weight is 660 g/mol. The van der Waals surface area contributed by atoms with Crippen LogP contribution < -0.4 is 19.6 Å². The fourth-order valence-electron chi connectivity index (χ4n) is 5.96. The Balaban J connectivity index is 1.53. The van der Waals surface area contributed by atoms with Crippen molar-refractivity contribution in [1.29, 1.82) is 0 Å². The van der Waals surface area contributed by atoms with Crippen molar-refractivity contribution >= 4 is 57.4 Å². The minimum atomic E-state index is -0.693. The van der Waals surface area contributed by atoms with Crippen molar-refractivity contribution in [2.24, 2.45) is 4.99 Å². The smallest absolute Gasteiger partial charge is 0.271 e. The molecular weight excluding hydrogens is 627 g/mol. The lowest BCUT2D eigenvalue weighted by Gasteiger charge is -2.29. The fraction of sp³-hybridized carbons (Fsp3) is 0.229. The number of methoxy groups -OCH3 is 1. The van der Waals surface area contributed by atoms with Gasteiger partial charge < -0.3 is 14.2 Å². The van der Waals surface area contributed by atoms with E-state index in [-0.39, 0.29) is 11.5 Å². The first-order chi connectivity index (χ1) is 21.7. The Morgan fingerprint density at radius 2 is 1.80 bits per heavy atom. The second-order valence-electron chi connectivity index (χ2n) is 10.8. The number of para-hydroxylation sites is 2. The topological polar surface area (TPSA) is 68.8 Å². The molecule has 0 bridgehead atoms. The Kier molecular flexibility index (Phi) is 8.73. The number of halogens is 2. The highest BCUT2D eigenvalue weighted by molar-refractivity contribution is 7.07. The minimum absolute atomic E-state index is 0.143. The molecule has 1 amide bonds. The van der Waals surface area contributed by atoms with E-state index in [0.717, 1.165) is 27.6 Å². The number of ether oxygens (including phenoxy) is 1. The molecule has 1 aliphatic rings. The van der Waals surface area contributed by atoms with Crippen LogP contribution in [-0.4, -0.2) is 40.1 Å². The van der Waals surface area contributed by atoms with E-state index in [2.05, 4.69) is 4.57 Å². The Morgan fingerprint density at radius 3 is 2.53 bits per heavy atom. The maximum absolute atomic E-state index is 14.4. The first kappa shape index (κ1) is 30.9. The molecule has 7 nitrogen and oxygen atoms in total. The lowest BCUT2D eigenvalue weighted by atomic mass is 9.94. The molecule has 1 aliphatic heterocycles. The number of thiazole rings is 1. The highest BCUT2D eigenvalue weighted by Gasteiger charge is 2.35. The van der Waals surface area contributed by atoms with E-state index < -0.39 is 6.04 Å². The third-order valence-corrected chi connectivity index (χ3v) is 9.77. The molecule has 45 heavy (non-hydrogen) atoms. The van der Waals surface area contributed by atoms with E-state index in [4.69, 9.17) is 32.9 Å². The SMILES string of the molecule is CCN(CC)C(=O)C1=C(C)N=c2s/c(=C/c3cn(Cc4ccc(Cl)cc4Cl)c4ccccc34)c(=O)n2[C@H]1c1ccccc1OC. The van der Waals surface area contributed by atoms with E-state index in [1.54, 1.807) is 22.6 Å². The number of likely N-dealkylation sites (N-methyl/N-ethyl adjacent to an activating group) is 1. The number of carbonyl (C=O) groups excluding carboxylic acids is 1. The molecule has 0 spiro atoms. The van der Waals surface area contributed by atoms with Gasteiger partial charge in [0, 0.05) is 57.9 Å². The van der Waals surface area contributed by atoms with Gasteiger partial charge in [0.2, 0.25) is 0 Å². The maximum Gasteiger partial charge on any atom is 0.271 e. The van der Waals surface area contributed by atoms with Crippen molar-refractivity contribution in [2.45, 2.75) is 33.4 Å². The van der Waals surface area contributed by atoms with Crippen LogP contribution in [0.3, 0.4) is 0 Å². The third kappa shape index (κ3) is 5.63. The first-order valence-corrected chi connectivity index (χ1v) is 16.3. The van der Waals surface area contributed by atoms with Crippen molar-refractivity contribution in [2.75, 3.05) is 20.2 Å². The van der Waals surface area contributed by atoms with Crippen LogP contribution in [0.15, 0.2) is 94.0 Å². The van der Waals surface area contributed by atoms with Gasteiger partial charge in [0.15, 0.2) is 4.80 Å². The lowest BCUT2D eigenvalue weighted by molar-refractivity contribution is -0.127. The standard InChI is InChI=1S/C35H32Cl2N4O3S/c1-5-39(6-2)34(43)31-21(3)38-35-41(32(31)26-12-8-10-14-29(26)44-4)33(42)30(45-35)17-23-20-40(28-13-9-7-11-25(23)28)19-22-15-16-24(36)18-27(22)37/h7-18,20,32H,5-6,19H2,1-4H3/b30-17+/t32-/m0/s1. The summed E-state index contributed by atoms with van der Waals surface area (Å²) in [6, 6.07) is 20.4. The summed E-state index contributed by atoms with van der Waals surface area (Å²) in [7, 11) is 1.60. The molecule has 0 saturated carbocycles. The molecule has 10 heteroatoms. The van der Waals surface area contributed by atoms with Crippen LogP contribution in [0, 0.1) is 0 Å². The van der Waals surface area contributed by atoms with Gasteiger partial charge in [-0.05, 0) is 56.7 Å². The molecule has 3 aromatic carbocycles. The third-order valence-electron chi connectivity index (χ3n) is 8.20. The number of carbonyl (C=O) groups is 1. The molecule has 0 aliphatic carbocycles. The van der Waals surface area contributed by atoms with Crippen LogP contribution in [0.5, 0.6) is 5.75 Å². The van der Waals surface area contributed by atoms with Crippen LogP contribution >= 0.6 is 34.5 Å². The maximum atomic E-state index is 14.4. The molecule has 2 aromatic heterocycles. The lowest BCUT2D eigenvalue weighted by Crippen LogP contribution is -2.43. The minimum Gasteiger partial charge on any atom is -0.496 e. The summed E-state index contributed by atoms with van der Waals surface area (Å²) < 4.78 is 10.0. The monoisotopic (exact) mass is 658 g/mol. The van der Waals surface area contributed by atoms with Gasteiger partial charge in [0.1, 0.15) is 11.8 Å². The molecular formula is C35H32Cl2N4O3S. The summed E-state index contributed by atoms with van der Waals surface area (Å²) in [6.07, 6.45) is 3.95. The number of fused-ring (bicyclic) bond motifs is 2. The van der Waals surface area contributed by atoms with E-state index in [1.165, 1.54) is 11.3 Å². The van der Waals surface area contributed by atoms with Crippen LogP contribution in [0.25, 0.3) is 17.0 Å². The molecule has 1 atom stereocenters. The van der Waals surface area contributed by atoms with Gasteiger partial charge in [-0.25, -0.2) is 4.99 Å². The van der Waals surface area contributed by atoms with Crippen LogP contribution in [-0.2, 0) is 11.3 Å². The van der Waals surface area contributed by atoms with E-state index in [0.29, 0.717) is 56.0 Å². The summed E-state index contributed by atoms with van der Waals surface area (Å²) in [4.78, 5) is 35.4. The van der Waals surface area contributed by atoms with Crippen LogP contribution in [0.2, 0.25) is 10.0 Å². The van der Waals surface area contributed by atoms with Gasteiger partial charge in [0.05, 0.1) is 22.9 Å². The normalized spacial score (nSPS) is 14.9. The van der Waals surface area contributed by atoms with Gasteiger partial charge in [-0.3, -0.25) is 14.2 Å². The Hall–Kier alpha value is -4.11. The number of amides is 1. The predicted octanol–water partition coefficient (Wildman–Crippen LogP) is 6.42. The zero-order valence-electron chi connectivity index (χ0n) is 25.4. The number of hydrogen-bond acceptors (Lipinski definition) is 5. The van der Waals surface area contributed by atoms with Crippen molar-refractivity contribution < 1.29 is 9.53 Å². The van der Waals surface area contributed by atoms with Crippen LogP contribution in [0.1, 0.15) is 43.5 Å². The average Bonchev–Trinajstić information content (AvgIpc) is 3.54. The second kappa shape index (κ2) is 12.7. The molecule has 6 rings (SSSR count). The summed E-state index contributed by atoms with van der Waals surface area (Å²) in [6.45, 7) is 7.35. The van der Waals surface area contributed by atoms with Crippen molar-refractivity contribution in [3.63, 3.8) is 0 Å². The quantitative estimate of drug-likeness (QED) is 0.193. The molecule has 0 N–H and O–H groups in total. The first-order valence-electron chi connectivity index (χ1n) is 14.7. The summed E-state index contributed by atoms with van der Waals surface area (Å²) >= 11 is 14.0. The van der Waals surface area contributed by atoms with Gasteiger partial charge in [-0.15, -0.1) is 0 Å². The largest absolute Gasteiger partial charge is 0.496 e. The predicted molar refractivity (Wildman–Crippen MR) is 182 cm³/mol. The molecule has 0 unspecified atom stereocenters. The Bertz CT molecular complexity index is 2160. The van der Waals surface area contributed by atoms with Gasteiger partial charge in [-0.2, -0.15) is 0 Å². The van der Waals surface area contributed by atoms with Crippen molar-refractivity contribution in [3.8, 4) is 5.75 Å². The molecule has 5 aromatic rings. The highest BCUT2D eigenvalue weighted by atomic mass is 35.5. The number of hydrogen-bond donors (Lipinski definition) is 0. The molecule has 0 radical (unpaired) electrons. The van der Waals surface area contributed by atoms with E-state index >= 15 is 0 Å². The van der Waals surface area contributed by atoms with Gasteiger partial charge in [0.25, 0.3) is 11.5 Å². The molecule has 0 saturated heterocycles. The van der Waals surface area contributed by atoms with Crippen molar-refractivity contribution in [1.82, 2.24) is 14.0 Å². The summed E-state index contributed by atoms with van der Waals surface area (Å²) in [5, 5.41) is 2.18. The number of benzene rings is 3. The summed E-state index contributed by atoms with van der Waals surface area (Å²) in [5.74, 6) is 0.455. The molecule has 3 heterocycles.